The van der Waals surface area contributed by atoms with Gasteiger partial charge >= 0.3 is 0 Å². The van der Waals surface area contributed by atoms with E-state index >= 15 is 0 Å². The lowest BCUT2D eigenvalue weighted by Crippen LogP contribution is -2.12. The van der Waals surface area contributed by atoms with E-state index in [1.807, 2.05) is 7.05 Å². The summed E-state index contributed by atoms with van der Waals surface area (Å²) in [5.41, 5.74) is 4.37. The SMILES string of the molecule is CN=C(C)CCSCC1c2ccccc2C2C=CC=CC21. The van der Waals surface area contributed by atoms with Gasteiger partial charge in [-0.1, -0.05) is 48.6 Å². The third kappa shape index (κ3) is 3.01. The Kier molecular flexibility index (Phi) is 4.64. The van der Waals surface area contributed by atoms with Crippen LogP contribution in [0.4, 0.5) is 0 Å². The van der Waals surface area contributed by atoms with E-state index in [1.54, 1.807) is 11.1 Å². The largest absolute Gasteiger partial charge is 0.298 e. The van der Waals surface area contributed by atoms with Gasteiger partial charge in [0, 0.05) is 30.3 Å². The molecule has 0 aromatic heterocycles. The molecular formula is C19H23NS. The molecule has 2 aliphatic rings. The first-order valence-electron chi connectivity index (χ1n) is 7.75. The van der Waals surface area contributed by atoms with Gasteiger partial charge in [0.2, 0.25) is 0 Å². The molecule has 0 radical (unpaired) electrons. The van der Waals surface area contributed by atoms with E-state index in [9.17, 15) is 0 Å². The summed E-state index contributed by atoms with van der Waals surface area (Å²) in [7, 11) is 1.89. The van der Waals surface area contributed by atoms with Crippen LogP contribution in [0.1, 0.15) is 36.3 Å². The molecule has 3 atom stereocenters. The summed E-state index contributed by atoms with van der Waals surface area (Å²) in [6, 6.07) is 9.02. The zero-order valence-corrected chi connectivity index (χ0v) is 13.6. The van der Waals surface area contributed by atoms with Crippen LogP contribution in [0.2, 0.25) is 0 Å². The molecule has 2 aliphatic carbocycles. The van der Waals surface area contributed by atoms with Gasteiger partial charge in [0.25, 0.3) is 0 Å². The minimum absolute atomic E-state index is 0.593. The summed E-state index contributed by atoms with van der Waals surface area (Å²) < 4.78 is 0. The van der Waals surface area contributed by atoms with Crippen LogP contribution in [0, 0.1) is 5.92 Å². The lowest BCUT2D eigenvalue weighted by atomic mass is 9.85. The zero-order valence-electron chi connectivity index (χ0n) is 12.8. The van der Waals surface area contributed by atoms with Crippen LogP contribution in [0.5, 0.6) is 0 Å². The fourth-order valence-corrected chi connectivity index (χ4v) is 4.68. The Morgan fingerprint density at radius 2 is 1.90 bits per heavy atom. The van der Waals surface area contributed by atoms with Crippen LogP contribution in [-0.2, 0) is 0 Å². The molecule has 2 heteroatoms. The Bertz CT molecular complexity index is 585. The number of benzene rings is 1. The van der Waals surface area contributed by atoms with E-state index in [0.29, 0.717) is 17.8 Å². The number of nitrogens with zero attached hydrogens (tertiary/aromatic N) is 1. The van der Waals surface area contributed by atoms with Crippen molar-refractivity contribution in [3.63, 3.8) is 0 Å². The topological polar surface area (TPSA) is 12.4 Å². The molecular weight excluding hydrogens is 274 g/mol. The summed E-state index contributed by atoms with van der Waals surface area (Å²) in [6.45, 7) is 2.12. The molecule has 0 fully saturated rings. The van der Waals surface area contributed by atoms with Gasteiger partial charge in [-0.25, -0.2) is 0 Å². The van der Waals surface area contributed by atoms with Crippen molar-refractivity contribution in [1.29, 1.82) is 0 Å². The maximum absolute atomic E-state index is 4.24. The molecule has 1 aromatic carbocycles. The molecule has 0 saturated heterocycles. The molecule has 3 unspecified atom stereocenters. The molecule has 0 aliphatic heterocycles. The van der Waals surface area contributed by atoms with Crippen LogP contribution in [-0.4, -0.2) is 24.3 Å². The Labute approximate surface area is 132 Å². The summed E-state index contributed by atoms with van der Waals surface area (Å²) in [4.78, 5) is 4.24. The number of hydrogen-bond acceptors (Lipinski definition) is 2. The van der Waals surface area contributed by atoms with Gasteiger partial charge in [0.15, 0.2) is 0 Å². The second-order valence-electron chi connectivity index (χ2n) is 5.89. The van der Waals surface area contributed by atoms with Gasteiger partial charge in [-0.05, 0) is 36.1 Å². The van der Waals surface area contributed by atoms with Gasteiger partial charge in [0.05, 0.1) is 0 Å². The maximum Gasteiger partial charge on any atom is 0.0276 e. The average molecular weight is 297 g/mol. The van der Waals surface area contributed by atoms with Crippen LogP contribution in [0.15, 0.2) is 53.6 Å². The standard InChI is InChI=1S/C19H23NS/c1-14(20-2)11-12-21-13-19-17-9-5-3-7-15(17)16-8-4-6-10-18(16)19/h3-10,15,17,19H,11-13H2,1-2H3. The monoisotopic (exact) mass is 297 g/mol. The first kappa shape index (κ1) is 14.6. The van der Waals surface area contributed by atoms with Crippen molar-refractivity contribution >= 4 is 17.5 Å². The van der Waals surface area contributed by atoms with Crippen LogP contribution in [0.25, 0.3) is 0 Å². The highest BCUT2D eigenvalue weighted by Gasteiger charge is 2.37. The van der Waals surface area contributed by atoms with Crippen molar-refractivity contribution in [2.45, 2.75) is 25.2 Å². The van der Waals surface area contributed by atoms with Crippen molar-refractivity contribution < 1.29 is 0 Å². The number of fused-ring (bicyclic) bond motifs is 3. The van der Waals surface area contributed by atoms with Gasteiger partial charge < -0.3 is 0 Å². The van der Waals surface area contributed by atoms with Gasteiger partial charge in [0.1, 0.15) is 0 Å². The number of rotatable bonds is 5. The third-order valence-corrected chi connectivity index (χ3v) is 5.77. The maximum atomic E-state index is 4.24. The third-order valence-electron chi connectivity index (χ3n) is 4.68. The van der Waals surface area contributed by atoms with Gasteiger partial charge in [-0.2, -0.15) is 11.8 Å². The van der Waals surface area contributed by atoms with E-state index in [-0.39, 0.29) is 0 Å². The van der Waals surface area contributed by atoms with Crippen molar-refractivity contribution in [2.24, 2.45) is 10.9 Å². The summed E-state index contributed by atoms with van der Waals surface area (Å²) in [5.74, 6) is 4.31. The van der Waals surface area contributed by atoms with Crippen molar-refractivity contribution in [1.82, 2.24) is 0 Å². The fraction of sp³-hybridized carbons (Fsp3) is 0.421. The quantitative estimate of drug-likeness (QED) is 0.560. The van der Waals surface area contributed by atoms with E-state index in [4.69, 9.17) is 0 Å². The number of aliphatic imine (C=N–C) groups is 1. The van der Waals surface area contributed by atoms with E-state index in [2.05, 4.69) is 72.2 Å². The molecule has 1 nitrogen and oxygen atoms in total. The highest BCUT2D eigenvalue weighted by atomic mass is 32.2. The predicted molar refractivity (Wildman–Crippen MR) is 94.7 cm³/mol. The van der Waals surface area contributed by atoms with Gasteiger partial charge in [-0.15, -0.1) is 0 Å². The first-order chi connectivity index (χ1) is 10.3. The molecule has 110 valence electrons. The highest BCUT2D eigenvalue weighted by molar-refractivity contribution is 7.99. The Hall–Kier alpha value is -1.28. The predicted octanol–water partition coefficient (Wildman–Crippen LogP) is 4.82. The number of thioether (sulfide) groups is 1. The molecule has 0 amide bonds. The number of hydrogen-bond donors (Lipinski definition) is 0. The molecule has 0 bridgehead atoms. The normalized spacial score (nSPS) is 26.8. The lowest BCUT2D eigenvalue weighted by Gasteiger charge is -2.22. The Morgan fingerprint density at radius 1 is 1.14 bits per heavy atom. The minimum Gasteiger partial charge on any atom is -0.298 e. The van der Waals surface area contributed by atoms with E-state index in [0.717, 1.165) is 6.42 Å². The average Bonchev–Trinajstić information content (AvgIpc) is 2.86. The number of allylic oxidation sites excluding steroid dienone is 4. The van der Waals surface area contributed by atoms with Crippen LogP contribution in [0.3, 0.4) is 0 Å². The highest BCUT2D eigenvalue weighted by Crippen LogP contribution is 2.50. The zero-order chi connectivity index (χ0) is 14.7. The molecule has 21 heavy (non-hydrogen) atoms. The summed E-state index contributed by atoms with van der Waals surface area (Å²) >= 11 is 2.07. The van der Waals surface area contributed by atoms with E-state index in [1.165, 1.54) is 17.2 Å². The Morgan fingerprint density at radius 3 is 2.71 bits per heavy atom. The second-order valence-corrected chi connectivity index (χ2v) is 7.04. The summed E-state index contributed by atoms with van der Waals surface area (Å²) in [5, 5.41) is 0. The summed E-state index contributed by atoms with van der Waals surface area (Å²) in [6.07, 6.45) is 10.3. The van der Waals surface area contributed by atoms with Crippen LogP contribution < -0.4 is 0 Å². The molecule has 0 N–H and O–H groups in total. The molecule has 0 spiro atoms. The first-order valence-corrected chi connectivity index (χ1v) is 8.90. The molecule has 1 aromatic rings. The van der Waals surface area contributed by atoms with Crippen LogP contribution >= 0.6 is 11.8 Å². The van der Waals surface area contributed by atoms with Gasteiger partial charge in [-0.3, -0.25) is 4.99 Å². The second kappa shape index (κ2) is 6.65. The molecule has 3 rings (SSSR count). The van der Waals surface area contributed by atoms with Crippen molar-refractivity contribution in [3.05, 3.63) is 59.7 Å². The Balaban J connectivity index is 1.69. The van der Waals surface area contributed by atoms with Crippen molar-refractivity contribution in [3.8, 4) is 0 Å². The lowest BCUT2D eigenvalue weighted by molar-refractivity contribution is 0.549. The van der Waals surface area contributed by atoms with E-state index < -0.39 is 0 Å². The smallest absolute Gasteiger partial charge is 0.0276 e. The fourth-order valence-electron chi connectivity index (χ4n) is 3.42. The molecule has 0 saturated carbocycles. The van der Waals surface area contributed by atoms with Crippen molar-refractivity contribution in [2.75, 3.05) is 18.6 Å². The minimum atomic E-state index is 0.593. The molecule has 0 heterocycles.